The Morgan fingerprint density at radius 3 is 2.90 bits per heavy atom. The molecule has 0 atom stereocenters. The van der Waals surface area contributed by atoms with E-state index in [-0.39, 0.29) is 6.61 Å². The summed E-state index contributed by atoms with van der Waals surface area (Å²) in [7, 11) is 0. The highest BCUT2D eigenvalue weighted by molar-refractivity contribution is 6.44. The van der Waals surface area contributed by atoms with Gasteiger partial charge >= 0.3 is 0 Å². The second-order valence-electron chi connectivity index (χ2n) is 4.40. The minimum atomic E-state index is -0.198. The van der Waals surface area contributed by atoms with E-state index >= 15 is 0 Å². The molecule has 0 saturated carbocycles. The number of aliphatic hydroxyl groups excluding tert-OH is 1. The summed E-state index contributed by atoms with van der Waals surface area (Å²) >= 11 is 12.3. The molecule has 2 heterocycles. The van der Waals surface area contributed by atoms with Crippen LogP contribution in [0, 0.1) is 0 Å². The van der Waals surface area contributed by atoms with Crippen LogP contribution < -0.4 is 4.74 Å². The fourth-order valence-electron chi connectivity index (χ4n) is 2.01. The summed E-state index contributed by atoms with van der Waals surface area (Å²) in [6, 6.07) is 1.66. The lowest BCUT2D eigenvalue weighted by molar-refractivity contribution is 0.273. The zero-order valence-corrected chi connectivity index (χ0v) is 12.4. The van der Waals surface area contributed by atoms with Gasteiger partial charge in [0.15, 0.2) is 5.75 Å². The SMILES string of the molecule is OCc1nc2c(OCCc3c[nH]cn3)c(Cl)c(Cl)cc2[nH]1. The Morgan fingerprint density at radius 2 is 2.19 bits per heavy atom. The Morgan fingerprint density at radius 1 is 1.33 bits per heavy atom. The molecule has 0 amide bonds. The second-order valence-corrected chi connectivity index (χ2v) is 5.18. The first kappa shape index (κ1) is 14.2. The van der Waals surface area contributed by atoms with E-state index < -0.39 is 0 Å². The minimum absolute atomic E-state index is 0.198. The van der Waals surface area contributed by atoms with E-state index in [9.17, 15) is 0 Å². The second kappa shape index (κ2) is 5.93. The van der Waals surface area contributed by atoms with E-state index in [0.29, 0.717) is 45.7 Å². The maximum Gasteiger partial charge on any atom is 0.167 e. The van der Waals surface area contributed by atoms with E-state index in [1.165, 1.54) is 0 Å². The van der Waals surface area contributed by atoms with Crippen LogP contribution in [-0.4, -0.2) is 31.6 Å². The molecule has 2 aromatic heterocycles. The lowest BCUT2D eigenvalue weighted by atomic mass is 10.3. The fraction of sp³-hybridized carbons (Fsp3) is 0.231. The number of imidazole rings is 2. The van der Waals surface area contributed by atoms with Crippen molar-refractivity contribution in [3.8, 4) is 5.75 Å². The summed E-state index contributed by atoms with van der Waals surface area (Å²) in [6.07, 6.45) is 4.04. The summed E-state index contributed by atoms with van der Waals surface area (Å²) < 4.78 is 5.73. The number of rotatable bonds is 5. The molecule has 21 heavy (non-hydrogen) atoms. The highest BCUT2D eigenvalue weighted by atomic mass is 35.5. The van der Waals surface area contributed by atoms with Crippen LogP contribution in [-0.2, 0) is 13.0 Å². The van der Waals surface area contributed by atoms with Crippen molar-refractivity contribution in [2.24, 2.45) is 0 Å². The zero-order valence-electron chi connectivity index (χ0n) is 10.9. The van der Waals surface area contributed by atoms with Crippen LogP contribution >= 0.6 is 23.2 Å². The van der Waals surface area contributed by atoms with Crippen LogP contribution in [0.4, 0.5) is 0 Å². The quantitative estimate of drug-likeness (QED) is 0.672. The molecule has 110 valence electrons. The number of fused-ring (bicyclic) bond motifs is 1. The number of nitrogens with zero attached hydrogens (tertiary/aromatic N) is 2. The lowest BCUT2D eigenvalue weighted by Gasteiger charge is -2.09. The minimum Gasteiger partial charge on any atom is -0.489 e. The van der Waals surface area contributed by atoms with Gasteiger partial charge in [0.25, 0.3) is 0 Å². The highest BCUT2D eigenvalue weighted by Crippen LogP contribution is 2.38. The largest absolute Gasteiger partial charge is 0.489 e. The monoisotopic (exact) mass is 326 g/mol. The molecule has 0 fully saturated rings. The van der Waals surface area contributed by atoms with Crippen LogP contribution in [0.15, 0.2) is 18.6 Å². The summed E-state index contributed by atoms with van der Waals surface area (Å²) in [5.74, 6) is 0.839. The fourth-order valence-corrected chi connectivity index (χ4v) is 2.40. The molecule has 6 nitrogen and oxygen atoms in total. The van der Waals surface area contributed by atoms with E-state index in [4.69, 9.17) is 33.0 Å². The van der Waals surface area contributed by atoms with Crippen molar-refractivity contribution in [3.63, 3.8) is 0 Å². The van der Waals surface area contributed by atoms with Crippen molar-refractivity contribution >= 4 is 34.2 Å². The van der Waals surface area contributed by atoms with Crippen LogP contribution in [0.1, 0.15) is 11.5 Å². The normalized spacial score (nSPS) is 11.2. The number of aromatic amines is 2. The molecular weight excluding hydrogens is 315 g/mol. The third kappa shape index (κ3) is 2.83. The van der Waals surface area contributed by atoms with Gasteiger partial charge in [-0.1, -0.05) is 23.2 Å². The van der Waals surface area contributed by atoms with Crippen LogP contribution in [0.5, 0.6) is 5.75 Å². The number of ether oxygens (including phenoxy) is 1. The summed E-state index contributed by atoms with van der Waals surface area (Å²) in [6.45, 7) is 0.192. The van der Waals surface area contributed by atoms with E-state index in [2.05, 4.69) is 19.9 Å². The summed E-state index contributed by atoms with van der Waals surface area (Å²) in [4.78, 5) is 14.2. The Labute approximate surface area is 130 Å². The van der Waals surface area contributed by atoms with Gasteiger partial charge in [-0.2, -0.15) is 0 Å². The van der Waals surface area contributed by atoms with Crippen molar-refractivity contribution in [2.45, 2.75) is 13.0 Å². The average molecular weight is 327 g/mol. The third-order valence-corrected chi connectivity index (χ3v) is 3.76. The molecule has 3 aromatic rings. The maximum absolute atomic E-state index is 9.16. The molecular formula is C13H12Cl2N4O2. The van der Waals surface area contributed by atoms with Gasteiger partial charge in [-0.25, -0.2) is 9.97 Å². The number of H-pyrrole nitrogens is 2. The van der Waals surface area contributed by atoms with Crippen molar-refractivity contribution < 1.29 is 9.84 Å². The first-order chi connectivity index (χ1) is 10.2. The van der Waals surface area contributed by atoms with Crippen molar-refractivity contribution in [1.29, 1.82) is 0 Å². The van der Waals surface area contributed by atoms with Crippen LogP contribution in [0.2, 0.25) is 10.0 Å². The molecule has 3 N–H and O–H groups in total. The molecule has 3 rings (SSSR count). The predicted molar refractivity (Wildman–Crippen MR) is 79.8 cm³/mol. The molecule has 1 aromatic carbocycles. The number of aliphatic hydroxyl groups is 1. The van der Waals surface area contributed by atoms with Gasteiger partial charge in [-0.15, -0.1) is 0 Å². The van der Waals surface area contributed by atoms with Crippen molar-refractivity contribution in [3.05, 3.63) is 40.2 Å². The molecule has 0 spiro atoms. The zero-order chi connectivity index (χ0) is 14.8. The number of nitrogens with one attached hydrogen (secondary N) is 2. The standard InChI is InChI=1S/C13H12Cl2N4O2/c14-8-3-9-12(19-10(5-20)18-9)13(11(8)15)21-2-1-7-4-16-6-17-7/h3-4,6,20H,1-2,5H2,(H,16,17)(H,18,19). The van der Waals surface area contributed by atoms with E-state index in [1.54, 1.807) is 18.6 Å². The number of hydrogen-bond donors (Lipinski definition) is 3. The molecule has 0 aliphatic rings. The number of aromatic nitrogens is 4. The molecule has 8 heteroatoms. The lowest BCUT2D eigenvalue weighted by Crippen LogP contribution is -2.02. The molecule has 0 saturated heterocycles. The highest BCUT2D eigenvalue weighted by Gasteiger charge is 2.16. The first-order valence-corrected chi connectivity index (χ1v) is 7.02. The maximum atomic E-state index is 9.16. The number of benzene rings is 1. The predicted octanol–water partition coefficient (Wildman–Crippen LogP) is 2.71. The number of halogens is 2. The van der Waals surface area contributed by atoms with Crippen molar-refractivity contribution in [1.82, 2.24) is 19.9 Å². The smallest absolute Gasteiger partial charge is 0.167 e. The average Bonchev–Trinajstić information content (AvgIpc) is 3.11. The Bertz CT molecular complexity index is 755. The van der Waals surface area contributed by atoms with Gasteiger partial charge in [0.2, 0.25) is 0 Å². The van der Waals surface area contributed by atoms with Gasteiger partial charge in [-0.3, -0.25) is 0 Å². The van der Waals surface area contributed by atoms with Crippen LogP contribution in [0.25, 0.3) is 11.0 Å². The number of hydrogen-bond acceptors (Lipinski definition) is 4. The Hall–Kier alpha value is -1.76. The van der Waals surface area contributed by atoms with Crippen LogP contribution in [0.3, 0.4) is 0 Å². The van der Waals surface area contributed by atoms with E-state index in [1.807, 2.05) is 0 Å². The molecule has 0 aliphatic heterocycles. The molecule has 0 aliphatic carbocycles. The van der Waals surface area contributed by atoms with Gasteiger partial charge < -0.3 is 19.8 Å². The van der Waals surface area contributed by atoms with Gasteiger partial charge in [0.05, 0.1) is 29.2 Å². The molecule has 0 radical (unpaired) electrons. The molecule has 0 unspecified atom stereocenters. The summed E-state index contributed by atoms with van der Waals surface area (Å²) in [5, 5.41) is 9.83. The topological polar surface area (TPSA) is 86.8 Å². The van der Waals surface area contributed by atoms with Gasteiger partial charge in [0, 0.05) is 12.6 Å². The molecule has 0 bridgehead atoms. The van der Waals surface area contributed by atoms with Gasteiger partial charge in [0.1, 0.15) is 23.0 Å². The summed E-state index contributed by atoms with van der Waals surface area (Å²) in [5.41, 5.74) is 2.11. The van der Waals surface area contributed by atoms with Crippen molar-refractivity contribution in [2.75, 3.05) is 6.61 Å². The van der Waals surface area contributed by atoms with Gasteiger partial charge in [-0.05, 0) is 6.07 Å². The van der Waals surface area contributed by atoms with E-state index in [0.717, 1.165) is 5.69 Å². The first-order valence-electron chi connectivity index (χ1n) is 6.27. The Kier molecular flexibility index (Phi) is 4.01. The third-order valence-electron chi connectivity index (χ3n) is 2.99. The Balaban J connectivity index is 1.88.